The van der Waals surface area contributed by atoms with E-state index in [0.717, 1.165) is 0 Å². The molecule has 0 aromatic heterocycles. The lowest BCUT2D eigenvalue weighted by molar-refractivity contribution is -0.156. The molecule has 1 N–H and O–H groups in total. The maximum absolute atomic E-state index is 12.7. The number of ketones is 2. The van der Waals surface area contributed by atoms with Crippen LogP contribution in [0.15, 0.2) is 42.5 Å². The molecule has 0 spiro atoms. The Morgan fingerprint density at radius 2 is 1.41 bits per heavy atom. The van der Waals surface area contributed by atoms with E-state index in [1.807, 2.05) is 0 Å². The van der Waals surface area contributed by atoms with E-state index in [1.165, 1.54) is 19.1 Å². The lowest BCUT2D eigenvalue weighted by atomic mass is 9.84. The molecule has 2 aromatic carbocycles. The Hall–Kier alpha value is -3.28. The smallest absolute Gasteiger partial charge is 0.309 e. The largest absolute Gasteiger partial charge is 0.452 e. The van der Waals surface area contributed by atoms with Crippen molar-refractivity contribution in [1.82, 2.24) is 0 Å². The zero-order chi connectivity index (χ0) is 19.7. The molecular formula is C21H19NO5. The predicted molar refractivity (Wildman–Crippen MR) is 98.8 cm³/mol. The average molecular weight is 365 g/mol. The molecule has 0 aliphatic heterocycles. The quantitative estimate of drug-likeness (QED) is 0.718. The van der Waals surface area contributed by atoms with Crippen molar-refractivity contribution in [2.24, 2.45) is 5.92 Å². The molecule has 138 valence electrons. The molecule has 0 radical (unpaired) electrons. The predicted octanol–water partition coefficient (Wildman–Crippen LogP) is 2.99. The van der Waals surface area contributed by atoms with E-state index in [9.17, 15) is 19.2 Å². The normalized spacial score (nSPS) is 13.6. The summed E-state index contributed by atoms with van der Waals surface area (Å²) in [4.78, 5) is 49.2. The Morgan fingerprint density at radius 1 is 0.852 bits per heavy atom. The molecular weight excluding hydrogens is 346 g/mol. The number of ether oxygens (including phenoxy) is 1. The number of esters is 1. The molecule has 27 heavy (non-hydrogen) atoms. The molecule has 2 aromatic rings. The zero-order valence-corrected chi connectivity index (χ0v) is 15.2. The monoisotopic (exact) mass is 365 g/mol. The van der Waals surface area contributed by atoms with Gasteiger partial charge in [-0.3, -0.25) is 19.2 Å². The van der Waals surface area contributed by atoms with Crippen LogP contribution in [0, 0.1) is 5.92 Å². The van der Waals surface area contributed by atoms with Gasteiger partial charge in [0.2, 0.25) is 0 Å². The Morgan fingerprint density at radius 3 is 2.00 bits per heavy atom. The van der Waals surface area contributed by atoms with Gasteiger partial charge < -0.3 is 10.1 Å². The van der Waals surface area contributed by atoms with Crippen LogP contribution in [-0.4, -0.2) is 29.5 Å². The van der Waals surface area contributed by atoms with Crippen molar-refractivity contribution in [3.05, 3.63) is 64.7 Å². The standard InChI is InChI=1S/C21H19NO5/c1-11(2)21(26)27-12(3)20(25)22-13-8-9-16-17(10-13)19(24)15-7-5-4-6-14(15)18(16)23/h4-12H,1-3H3,(H,22,25)/t12-/m1/s1. The number of carbonyl (C=O) groups excluding carboxylic acids is 4. The zero-order valence-electron chi connectivity index (χ0n) is 15.2. The summed E-state index contributed by atoms with van der Waals surface area (Å²) >= 11 is 0. The van der Waals surface area contributed by atoms with Crippen molar-refractivity contribution in [2.75, 3.05) is 5.32 Å². The van der Waals surface area contributed by atoms with Gasteiger partial charge >= 0.3 is 5.97 Å². The van der Waals surface area contributed by atoms with Gasteiger partial charge in [-0.2, -0.15) is 0 Å². The first-order valence-corrected chi connectivity index (χ1v) is 8.63. The number of rotatable bonds is 4. The molecule has 0 saturated carbocycles. The van der Waals surface area contributed by atoms with Crippen LogP contribution in [0.1, 0.15) is 52.6 Å². The minimum absolute atomic E-state index is 0.225. The summed E-state index contributed by atoms with van der Waals surface area (Å²) in [5.41, 5.74) is 1.62. The van der Waals surface area contributed by atoms with Crippen molar-refractivity contribution in [3.8, 4) is 0 Å². The Balaban J connectivity index is 1.82. The van der Waals surface area contributed by atoms with E-state index in [4.69, 9.17) is 4.74 Å². The highest BCUT2D eigenvalue weighted by atomic mass is 16.5. The highest BCUT2D eigenvalue weighted by Gasteiger charge is 2.29. The van der Waals surface area contributed by atoms with Crippen LogP contribution in [0.4, 0.5) is 5.69 Å². The molecule has 0 bridgehead atoms. The number of hydrogen-bond acceptors (Lipinski definition) is 5. The van der Waals surface area contributed by atoms with Gasteiger partial charge in [0.15, 0.2) is 17.7 Å². The second kappa shape index (κ2) is 7.15. The molecule has 6 heteroatoms. The van der Waals surface area contributed by atoms with Gasteiger partial charge in [0.05, 0.1) is 5.92 Å². The Bertz CT molecular complexity index is 961. The molecule has 0 fully saturated rings. The molecule has 0 heterocycles. The van der Waals surface area contributed by atoms with Crippen LogP contribution in [0.25, 0.3) is 0 Å². The maximum atomic E-state index is 12.7. The van der Waals surface area contributed by atoms with E-state index in [2.05, 4.69) is 5.32 Å². The third kappa shape index (κ3) is 3.51. The van der Waals surface area contributed by atoms with Gasteiger partial charge in [0.1, 0.15) is 0 Å². The second-order valence-corrected chi connectivity index (χ2v) is 6.69. The third-order valence-electron chi connectivity index (χ3n) is 4.33. The summed E-state index contributed by atoms with van der Waals surface area (Å²) in [5.74, 6) is -1.82. The second-order valence-electron chi connectivity index (χ2n) is 6.69. The number of anilines is 1. The van der Waals surface area contributed by atoms with E-state index in [1.54, 1.807) is 44.2 Å². The Labute approximate surface area is 156 Å². The van der Waals surface area contributed by atoms with E-state index < -0.39 is 18.0 Å². The van der Waals surface area contributed by atoms with Crippen LogP contribution >= 0.6 is 0 Å². The van der Waals surface area contributed by atoms with Gasteiger partial charge in [0.25, 0.3) is 5.91 Å². The topological polar surface area (TPSA) is 89.5 Å². The van der Waals surface area contributed by atoms with Crippen LogP contribution in [0.3, 0.4) is 0 Å². The van der Waals surface area contributed by atoms with Crippen molar-refractivity contribution >= 4 is 29.1 Å². The average Bonchev–Trinajstić information content (AvgIpc) is 2.65. The number of carbonyl (C=O) groups is 4. The van der Waals surface area contributed by atoms with Crippen LogP contribution in [0.2, 0.25) is 0 Å². The number of benzene rings is 2. The summed E-state index contributed by atoms with van der Waals surface area (Å²) in [6, 6.07) is 11.2. The van der Waals surface area contributed by atoms with Gasteiger partial charge in [-0.1, -0.05) is 38.1 Å². The minimum atomic E-state index is -0.978. The van der Waals surface area contributed by atoms with Crippen LogP contribution in [-0.2, 0) is 14.3 Å². The fourth-order valence-corrected chi connectivity index (χ4v) is 2.78. The highest BCUT2D eigenvalue weighted by Crippen LogP contribution is 2.29. The van der Waals surface area contributed by atoms with E-state index in [-0.39, 0.29) is 23.0 Å². The fourth-order valence-electron chi connectivity index (χ4n) is 2.78. The minimum Gasteiger partial charge on any atom is -0.452 e. The highest BCUT2D eigenvalue weighted by molar-refractivity contribution is 6.28. The lowest BCUT2D eigenvalue weighted by Gasteiger charge is -2.19. The SMILES string of the molecule is CC(C)C(=O)O[C@H](C)C(=O)Nc1ccc2c(c1)C(=O)c1ccccc1C2=O. The summed E-state index contributed by atoms with van der Waals surface area (Å²) < 4.78 is 5.07. The number of fused-ring (bicyclic) bond motifs is 2. The molecule has 6 nitrogen and oxygen atoms in total. The molecule has 1 aliphatic rings. The van der Waals surface area contributed by atoms with Crippen molar-refractivity contribution in [2.45, 2.75) is 26.9 Å². The van der Waals surface area contributed by atoms with Gasteiger partial charge in [-0.15, -0.1) is 0 Å². The first kappa shape index (κ1) is 18.5. The van der Waals surface area contributed by atoms with E-state index >= 15 is 0 Å². The molecule has 1 amide bonds. The molecule has 0 saturated heterocycles. The van der Waals surface area contributed by atoms with Crippen molar-refractivity contribution in [1.29, 1.82) is 0 Å². The summed E-state index contributed by atoms with van der Waals surface area (Å²) in [5, 5.41) is 2.62. The summed E-state index contributed by atoms with van der Waals surface area (Å²) in [6.45, 7) is 4.83. The molecule has 1 atom stereocenters. The third-order valence-corrected chi connectivity index (χ3v) is 4.33. The maximum Gasteiger partial charge on any atom is 0.309 e. The van der Waals surface area contributed by atoms with Crippen molar-refractivity contribution < 1.29 is 23.9 Å². The van der Waals surface area contributed by atoms with Gasteiger partial charge in [-0.05, 0) is 25.1 Å². The fraction of sp³-hybridized carbons (Fsp3) is 0.238. The Kier molecular flexibility index (Phi) is 4.90. The van der Waals surface area contributed by atoms with Crippen molar-refractivity contribution in [3.63, 3.8) is 0 Å². The summed E-state index contributed by atoms with van der Waals surface area (Å²) in [6.07, 6.45) is -0.978. The van der Waals surface area contributed by atoms with Gasteiger partial charge in [-0.25, -0.2) is 0 Å². The number of hydrogen-bond donors (Lipinski definition) is 1. The van der Waals surface area contributed by atoms with Crippen LogP contribution < -0.4 is 5.32 Å². The van der Waals surface area contributed by atoms with E-state index in [0.29, 0.717) is 22.4 Å². The molecule has 3 rings (SSSR count). The first-order valence-electron chi connectivity index (χ1n) is 8.63. The first-order chi connectivity index (χ1) is 12.8. The number of amides is 1. The molecule has 0 unspecified atom stereocenters. The van der Waals surface area contributed by atoms with Gasteiger partial charge in [0, 0.05) is 27.9 Å². The summed E-state index contributed by atoms with van der Waals surface area (Å²) in [7, 11) is 0. The number of nitrogens with one attached hydrogen (secondary N) is 1. The lowest BCUT2D eigenvalue weighted by Crippen LogP contribution is -2.31. The van der Waals surface area contributed by atoms with Crippen LogP contribution in [0.5, 0.6) is 0 Å². The molecule has 1 aliphatic carbocycles.